The van der Waals surface area contributed by atoms with E-state index in [1.54, 1.807) is 24.6 Å². The van der Waals surface area contributed by atoms with Gasteiger partial charge in [0, 0.05) is 31.6 Å². The van der Waals surface area contributed by atoms with Crippen molar-refractivity contribution >= 4 is 45.0 Å². The van der Waals surface area contributed by atoms with E-state index in [2.05, 4.69) is 32.8 Å². The number of rotatable bonds is 7. The van der Waals surface area contributed by atoms with Crippen molar-refractivity contribution in [1.82, 2.24) is 20.1 Å². The zero-order valence-electron chi connectivity index (χ0n) is 20.8. The van der Waals surface area contributed by atoms with Crippen LogP contribution >= 0.6 is 27.3 Å². The monoisotopic (exact) mass is 594 g/mol. The average Bonchev–Trinajstić information content (AvgIpc) is 3.60. The number of nitrogens with one attached hydrogen (secondary N) is 1. The van der Waals surface area contributed by atoms with Crippen molar-refractivity contribution in [2.75, 3.05) is 6.54 Å². The van der Waals surface area contributed by atoms with Crippen LogP contribution in [0.2, 0.25) is 0 Å². The van der Waals surface area contributed by atoms with Crippen molar-refractivity contribution in [1.29, 1.82) is 0 Å². The fourth-order valence-electron chi connectivity index (χ4n) is 5.06. The van der Waals surface area contributed by atoms with Crippen LogP contribution in [0.3, 0.4) is 0 Å². The van der Waals surface area contributed by atoms with Crippen molar-refractivity contribution < 1.29 is 19.5 Å². The minimum atomic E-state index is -0.922. The predicted octanol–water partition coefficient (Wildman–Crippen LogP) is 3.75. The molecule has 2 aliphatic rings. The highest BCUT2D eigenvalue weighted by Gasteiger charge is 2.45. The van der Waals surface area contributed by atoms with Gasteiger partial charge >= 0.3 is 0 Å². The lowest BCUT2D eigenvalue weighted by Crippen LogP contribution is -2.54. The summed E-state index contributed by atoms with van der Waals surface area (Å²) < 4.78 is 0.792. The maximum atomic E-state index is 13.8. The largest absolute Gasteiger partial charge is 0.391 e. The first-order chi connectivity index (χ1) is 18.2. The Kier molecular flexibility index (Phi) is 7.47. The number of amides is 3. The first-order valence-electron chi connectivity index (χ1n) is 12.2. The zero-order valence-corrected chi connectivity index (χ0v) is 23.2. The Morgan fingerprint density at radius 3 is 2.63 bits per heavy atom. The summed E-state index contributed by atoms with van der Waals surface area (Å²) in [5, 5.41) is 13.3. The molecule has 0 unspecified atom stereocenters. The zero-order chi connectivity index (χ0) is 27.0. The van der Waals surface area contributed by atoms with Gasteiger partial charge < -0.3 is 20.2 Å². The van der Waals surface area contributed by atoms with Crippen LogP contribution in [0.5, 0.6) is 0 Å². The highest BCUT2D eigenvalue weighted by Crippen LogP contribution is 2.32. The van der Waals surface area contributed by atoms with E-state index in [1.807, 2.05) is 36.4 Å². The smallest absolute Gasteiger partial charge is 0.255 e. The normalized spacial score (nSPS) is 19.4. The summed E-state index contributed by atoms with van der Waals surface area (Å²) >= 11 is 4.98. The lowest BCUT2D eigenvalue weighted by Gasteiger charge is -2.33. The van der Waals surface area contributed by atoms with E-state index < -0.39 is 24.1 Å². The number of hydrogen-bond donors (Lipinski definition) is 2. The Morgan fingerprint density at radius 1 is 1.24 bits per heavy atom. The molecule has 8 nitrogen and oxygen atoms in total. The van der Waals surface area contributed by atoms with Gasteiger partial charge in [-0.2, -0.15) is 0 Å². The van der Waals surface area contributed by atoms with Crippen LogP contribution in [0.25, 0.3) is 10.4 Å². The molecule has 1 fully saturated rings. The van der Waals surface area contributed by atoms with E-state index in [9.17, 15) is 19.5 Å². The Morgan fingerprint density at radius 2 is 1.97 bits per heavy atom. The van der Waals surface area contributed by atoms with Crippen LogP contribution in [0.1, 0.15) is 34.8 Å². The molecule has 2 aliphatic heterocycles. The van der Waals surface area contributed by atoms with E-state index in [4.69, 9.17) is 0 Å². The van der Waals surface area contributed by atoms with Crippen LogP contribution in [0.15, 0.2) is 70.8 Å². The van der Waals surface area contributed by atoms with Crippen molar-refractivity contribution in [2.24, 2.45) is 0 Å². The molecule has 196 valence electrons. The summed E-state index contributed by atoms with van der Waals surface area (Å²) in [6.07, 6.45) is -0.698. The van der Waals surface area contributed by atoms with Gasteiger partial charge in [0.25, 0.3) is 5.91 Å². The number of β-amino-alcohol motifs (C(OH)–C–C–N with tert-alkyl or cyclic N) is 1. The van der Waals surface area contributed by atoms with Crippen molar-refractivity contribution in [3.63, 3.8) is 0 Å². The number of carbonyl (C=O) groups excluding carboxylic acids is 3. The minimum absolute atomic E-state index is 0.0219. The number of aromatic nitrogens is 1. The number of hydrogen-bond acceptors (Lipinski definition) is 6. The molecule has 10 heteroatoms. The number of aliphatic hydroxyl groups excluding tert-OH is 1. The van der Waals surface area contributed by atoms with Crippen LogP contribution in [0.4, 0.5) is 0 Å². The molecular formula is C28H27BrN4O4S. The van der Waals surface area contributed by atoms with Crippen molar-refractivity contribution in [3.8, 4) is 10.4 Å². The van der Waals surface area contributed by atoms with Crippen LogP contribution in [-0.2, 0) is 22.7 Å². The molecule has 3 aromatic rings. The van der Waals surface area contributed by atoms with E-state index in [0.717, 1.165) is 26.2 Å². The number of benzene rings is 2. The molecule has 2 N–H and O–H groups in total. The quantitative estimate of drug-likeness (QED) is 0.406. The van der Waals surface area contributed by atoms with Crippen LogP contribution in [-0.4, -0.2) is 62.3 Å². The van der Waals surface area contributed by atoms with Gasteiger partial charge in [-0.3, -0.25) is 14.4 Å². The summed E-state index contributed by atoms with van der Waals surface area (Å²) in [5.74, 6) is -0.993. The Bertz CT molecular complexity index is 1410. The molecule has 0 radical (unpaired) electrons. The number of thiazole rings is 1. The number of aliphatic hydroxyl groups is 1. The standard InChI is InChI=1S/C28H27BrN4O4S/c1-16(2)23(33-13-19-5-3-4-6-21(19)27(33)36)28(37)32-14-20(34)11-22(32)26(35)30-12-17-7-9-18(10-8-17)24-25(29)31-15-38-24/h3-10,15,20,22-23,34H,1,11-14H2,2H3,(H,30,35)/t20-,22+,23+/m1/s1. The summed E-state index contributed by atoms with van der Waals surface area (Å²) in [6, 6.07) is 13.3. The van der Waals surface area contributed by atoms with Gasteiger partial charge in [-0.05, 0) is 51.2 Å². The van der Waals surface area contributed by atoms with Gasteiger partial charge in [-0.1, -0.05) is 49.0 Å². The van der Waals surface area contributed by atoms with Gasteiger partial charge in [-0.25, -0.2) is 4.98 Å². The molecule has 3 amide bonds. The van der Waals surface area contributed by atoms with Crippen LogP contribution < -0.4 is 5.32 Å². The fraction of sp³-hybridized carbons (Fsp3) is 0.286. The molecule has 3 heterocycles. The van der Waals surface area contributed by atoms with Gasteiger partial charge in [0.05, 0.1) is 16.5 Å². The topological polar surface area (TPSA) is 103 Å². The molecule has 38 heavy (non-hydrogen) atoms. The van der Waals surface area contributed by atoms with Gasteiger partial charge in [0.15, 0.2) is 0 Å². The maximum Gasteiger partial charge on any atom is 0.255 e. The molecule has 5 rings (SSSR count). The predicted molar refractivity (Wildman–Crippen MR) is 148 cm³/mol. The van der Waals surface area contributed by atoms with Gasteiger partial charge in [-0.15, -0.1) is 11.3 Å². The Hall–Kier alpha value is -3.34. The lowest BCUT2D eigenvalue weighted by atomic mass is 10.1. The first-order valence-corrected chi connectivity index (χ1v) is 13.9. The number of carbonyl (C=O) groups is 3. The van der Waals surface area contributed by atoms with Crippen molar-refractivity contribution in [2.45, 2.75) is 44.6 Å². The summed E-state index contributed by atoms with van der Waals surface area (Å²) in [7, 11) is 0. The second-order valence-electron chi connectivity index (χ2n) is 9.62. The van der Waals surface area contributed by atoms with Crippen LogP contribution in [0, 0.1) is 0 Å². The fourth-order valence-corrected chi connectivity index (χ4v) is 6.49. The molecule has 3 atom stereocenters. The Labute approximate surface area is 233 Å². The third-order valence-electron chi connectivity index (χ3n) is 6.93. The summed E-state index contributed by atoms with van der Waals surface area (Å²) in [6.45, 7) is 6.27. The lowest BCUT2D eigenvalue weighted by molar-refractivity contribution is -0.141. The Balaban J connectivity index is 1.27. The van der Waals surface area contributed by atoms with E-state index >= 15 is 0 Å². The summed E-state index contributed by atoms with van der Waals surface area (Å²) in [5.41, 5.74) is 5.61. The van der Waals surface area contributed by atoms with E-state index in [-0.39, 0.29) is 31.3 Å². The third-order valence-corrected chi connectivity index (χ3v) is 8.67. The first kappa shape index (κ1) is 26.3. The van der Waals surface area contributed by atoms with Gasteiger partial charge in [0.2, 0.25) is 11.8 Å². The number of nitrogens with zero attached hydrogens (tertiary/aromatic N) is 3. The number of halogens is 1. The molecule has 0 aliphatic carbocycles. The second kappa shape index (κ2) is 10.8. The number of fused-ring (bicyclic) bond motifs is 1. The molecule has 2 aromatic carbocycles. The molecular weight excluding hydrogens is 568 g/mol. The molecule has 1 saturated heterocycles. The molecule has 0 spiro atoms. The third kappa shape index (κ3) is 5.03. The highest BCUT2D eigenvalue weighted by atomic mass is 79.9. The minimum Gasteiger partial charge on any atom is -0.391 e. The maximum absolute atomic E-state index is 13.8. The van der Waals surface area contributed by atoms with Gasteiger partial charge in [0.1, 0.15) is 16.7 Å². The summed E-state index contributed by atoms with van der Waals surface area (Å²) in [4.78, 5) is 48.2. The SMILES string of the molecule is C=C(C)[C@@H](C(=O)N1C[C@H](O)C[C@H]1C(=O)NCc1ccc(-c2scnc2Br)cc1)N1Cc2ccccc2C1=O. The van der Waals surface area contributed by atoms with E-state index in [0.29, 0.717) is 17.7 Å². The number of likely N-dealkylation sites (tertiary alicyclic amines) is 1. The molecule has 0 bridgehead atoms. The molecule has 0 saturated carbocycles. The average molecular weight is 596 g/mol. The van der Waals surface area contributed by atoms with Crippen molar-refractivity contribution in [3.05, 3.63) is 87.5 Å². The molecule has 1 aromatic heterocycles. The van der Waals surface area contributed by atoms with E-state index in [1.165, 1.54) is 21.1 Å². The highest BCUT2D eigenvalue weighted by molar-refractivity contribution is 9.10. The second-order valence-corrected chi connectivity index (χ2v) is 11.2.